The minimum absolute atomic E-state index is 0.180. The fraction of sp³-hybridized carbons (Fsp3) is 0.263. The van der Waals surface area contributed by atoms with E-state index < -0.39 is 0 Å². The lowest BCUT2D eigenvalue weighted by Crippen LogP contribution is -2.16. The van der Waals surface area contributed by atoms with Crippen molar-refractivity contribution in [2.75, 3.05) is 0 Å². The molecule has 0 aliphatic heterocycles. The molecule has 0 unspecified atom stereocenters. The maximum absolute atomic E-state index is 3.74. The van der Waals surface area contributed by atoms with Gasteiger partial charge in [0.25, 0.3) is 0 Å². The van der Waals surface area contributed by atoms with Gasteiger partial charge in [-0.1, -0.05) is 94.9 Å². The first kappa shape index (κ1) is 18.0. The third kappa shape index (κ3) is 5.75. The van der Waals surface area contributed by atoms with Crippen LogP contribution in [0.1, 0.15) is 44.9 Å². The molecule has 0 aliphatic carbocycles. The van der Waals surface area contributed by atoms with E-state index in [0.717, 1.165) is 0 Å². The Morgan fingerprint density at radius 2 is 1.10 bits per heavy atom. The van der Waals surface area contributed by atoms with Crippen LogP contribution in [-0.4, -0.2) is 0 Å². The first-order chi connectivity index (χ1) is 9.92. The van der Waals surface area contributed by atoms with E-state index in [4.69, 9.17) is 0 Å². The lowest BCUT2D eigenvalue weighted by Gasteiger charge is -2.18. The maximum atomic E-state index is 3.74. The summed E-state index contributed by atoms with van der Waals surface area (Å²) in [5, 5.41) is 3.28. The monoisotopic (exact) mass is 269 g/mol. The van der Waals surface area contributed by atoms with E-state index in [1.165, 1.54) is 11.1 Å². The van der Waals surface area contributed by atoms with Crippen molar-refractivity contribution in [1.82, 2.24) is 5.32 Å². The van der Waals surface area contributed by atoms with Crippen LogP contribution in [0, 0.1) is 0 Å². The van der Waals surface area contributed by atoms with Crippen molar-refractivity contribution in [3.8, 4) is 0 Å². The highest BCUT2D eigenvalue weighted by Crippen LogP contribution is 2.21. The predicted molar refractivity (Wildman–Crippen MR) is 90.8 cm³/mol. The maximum Gasteiger partial charge on any atom is 0.0762 e. The van der Waals surface area contributed by atoms with Gasteiger partial charge >= 0.3 is 0 Å². The van der Waals surface area contributed by atoms with Crippen molar-refractivity contribution in [2.45, 2.75) is 33.7 Å². The predicted octanol–water partition coefficient (Wildman–Crippen LogP) is 5.56. The van der Waals surface area contributed by atoms with Crippen LogP contribution in [0.4, 0.5) is 0 Å². The molecule has 0 spiro atoms. The molecule has 0 amide bonds. The Labute approximate surface area is 124 Å². The van der Waals surface area contributed by atoms with Gasteiger partial charge in [0.05, 0.1) is 6.04 Å². The Hall–Kier alpha value is -2.02. The van der Waals surface area contributed by atoms with E-state index in [1.54, 1.807) is 6.20 Å². The minimum atomic E-state index is 0.180. The summed E-state index contributed by atoms with van der Waals surface area (Å²) in [4.78, 5) is 0. The molecule has 1 heteroatoms. The van der Waals surface area contributed by atoms with Gasteiger partial charge in [0, 0.05) is 0 Å². The number of rotatable bonds is 4. The molecule has 2 aromatic rings. The van der Waals surface area contributed by atoms with Gasteiger partial charge < -0.3 is 5.32 Å². The lowest BCUT2D eigenvalue weighted by molar-refractivity contribution is 0.730. The van der Waals surface area contributed by atoms with Crippen LogP contribution in [0.2, 0.25) is 0 Å². The molecule has 2 aromatic carbocycles. The molecule has 0 radical (unpaired) electrons. The standard InChI is InChI=1S/C15H15N.2C2H6/c1-2-16-15(13-9-5-3-6-10-13)14-11-7-4-8-12-14;2*1-2/h2-12,15-16H,1H2;2*1-2H3. The molecule has 0 heterocycles. The molecule has 2 rings (SSSR count). The Balaban J connectivity index is 0.000000829. The highest BCUT2D eigenvalue weighted by atomic mass is 14.9. The van der Waals surface area contributed by atoms with Gasteiger partial charge in [-0.25, -0.2) is 0 Å². The molecule has 0 bridgehead atoms. The molecular formula is C19H27N. The van der Waals surface area contributed by atoms with Gasteiger partial charge in [0.2, 0.25) is 0 Å². The zero-order valence-electron chi connectivity index (χ0n) is 13.1. The average molecular weight is 269 g/mol. The van der Waals surface area contributed by atoms with Gasteiger partial charge in [0.1, 0.15) is 0 Å². The van der Waals surface area contributed by atoms with Crippen LogP contribution in [0.3, 0.4) is 0 Å². The van der Waals surface area contributed by atoms with E-state index >= 15 is 0 Å². The number of hydrogen-bond acceptors (Lipinski definition) is 1. The Morgan fingerprint density at radius 1 is 0.750 bits per heavy atom. The smallest absolute Gasteiger partial charge is 0.0762 e. The second-order valence-corrected chi connectivity index (χ2v) is 3.63. The molecule has 108 valence electrons. The normalized spacial score (nSPS) is 8.65. The van der Waals surface area contributed by atoms with Crippen LogP contribution in [0.25, 0.3) is 0 Å². The molecule has 20 heavy (non-hydrogen) atoms. The number of benzene rings is 2. The van der Waals surface area contributed by atoms with Crippen molar-refractivity contribution in [3.05, 3.63) is 84.6 Å². The zero-order valence-corrected chi connectivity index (χ0v) is 13.1. The second-order valence-electron chi connectivity index (χ2n) is 3.63. The first-order valence-electron chi connectivity index (χ1n) is 7.38. The van der Waals surface area contributed by atoms with Crippen LogP contribution in [-0.2, 0) is 0 Å². The second kappa shape index (κ2) is 12.0. The fourth-order valence-electron chi connectivity index (χ4n) is 1.79. The van der Waals surface area contributed by atoms with Crippen molar-refractivity contribution >= 4 is 0 Å². The highest BCUT2D eigenvalue weighted by Gasteiger charge is 2.10. The molecule has 0 fully saturated rings. The Morgan fingerprint density at radius 3 is 1.40 bits per heavy atom. The van der Waals surface area contributed by atoms with E-state index in [1.807, 2.05) is 39.8 Å². The Kier molecular flexibility index (Phi) is 10.8. The molecule has 0 aromatic heterocycles. The van der Waals surface area contributed by atoms with Gasteiger partial charge in [-0.05, 0) is 17.3 Å². The number of nitrogens with one attached hydrogen (secondary N) is 1. The summed E-state index contributed by atoms with van der Waals surface area (Å²) in [5.74, 6) is 0. The molecule has 0 aliphatic rings. The summed E-state index contributed by atoms with van der Waals surface area (Å²) in [6.07, 6.45) is 1.74. The van der Waals surface area contributed by atoms with E-state index in [2.05, 4.69) is 60.4 Å². The molecule has 0 atom stereocenters. The summed E-state index contributed by atoms with van der Waals surface area (Å²) in [5.41, 5.74) is 2.49. The van der Waals surface area contributed by atoms with Crippen molar-refractivity contribution < 1.29 is 0 Å². The largest absolute Gasteiger partial charge is 0.381 e. The lowest BCUT2D eigenvalue weighted by atomic mass is 9.99. The van der Waals surface area contributed by atoms with Crippen LogP contribution in [0.15, 0.2) is 73.4 Å². The molecular weight excluding hydrogens is 242 g/mol. The van der Waals surface area contributed by atoms with Gasteiger partial charge in [0.15, 0.2) is 0 Å². The summed E-state index contributed by atoms with van der Waals surface area (Å²) in [6, 6.07) is 20.9. The quantitative estimate of drug-likeness (QED) is 0.766. The minimum Gasteiger partial charge on any atom is -0.381 e. The average Bonchev–Trinajstić information content (AvgIpc) is 2.58. The third-order valence-electron chi connectivity index (χ3n) is 2.55. The third-order valence-corrected chi connectivity index (χ3v) is 2.55. The van der Waals surface area contributed by atoms with Gasteiger partial charge in [-0.15, -0.1) is 0 Å². The van der Waals surface area contributed by atoms with Gasteiger partial charge in [-0.3, -0.25) is 0 Å². The van der Waals surface area contributed by atoms with E-state index in [-0.39, 0.29) is 6.04 Å². The molecule has 0 saturated heterocycles. The molecule has 1 nitrogen and oxygen atoms in total. The summed E-state index contributed by atoms with van der Waals surface area (Å²) < 4.78 is 0. The van der Waals surface area contributed by atoms with Crippen molar-refractivity contribution in [2.24, 2.45) is 0 Å². The molecule has 0 saturated carbocycles. The summed E-state index contributed by atoms with van der Waals surface area (Å²) >= 11 is 0. The van der Waals surface area contributed by atoms with Gasteiger partial charge in [-0.2, -0.15) is 0 Å². The highest BCUT2D eigenvalue weighted by molar-refractivity contribution is 5.31. The molecule has 1 N–H and O–H groups in total. The van der Waals surface area contributed by atoms with E-state index in [0.29, 0.717) is 0 Å². The zero-order chi connectivity index (χ0) is 15.2. The van der Waals surface area contributed by atoms with Crippen molar-refractivity contribution in [3.63, 3.8) is 0 Å². The van der Waals surface area contributed by atoms with E-state index in [9.17, 15) is 0 Å². The van der Waals surface area contributed by atoms with Crippen molar-refractivity contribution in [1.29, 1.82) is 0 Å². The summed E-state index contributed by atoms with van der Waals surface area (Å²) in [7, 11) is 0. The van der Waals surface area contributed by atoms with Crippen LogP contribution < -0.4 is 5.32 Å². The van der Waals surface area contributed by atoms with Crippen LogP contribution in [0.5, 0.6) is 0 Å². The SMILES string of the molecule is C=CNC(c1ccccc1)c1ccccc1.CC.CC. The Bertz CT molecular complexity index is 394. The first-order valence-corrected chi connectivity index (χ1v) is 7.38. The number of hydrogen-bond donors (Lipinski definition) is 1. The summed E-state index contributed by atoms with van der Waals surface area (Å²) in [6.45, 7) is 11.7. The fourth-order valence-corrected chi connectivity index (χ4v) is 1.79. The van der Waals surface area contributed by atoms with Crippen LogP contribution >= 0.6 is 0 Å². The topological polar surface area (TPSA) is 12.0 Å².